The Morgan fingerprint density at radius 2 is 2.19 bits per heavy atom. The molecule has 26 heavy (non-hydrogen) atoms. The number of carbonyl (C=O) groups excluding carboxylic acids is 1. The molecule has 2 heterocycles. The predicted molar refractivity (Wildman–Crippen MR) is 97.8 cm³/mol. The van der Waals surface area contributed by atoms with Crippen LogP contribution in [-0.2, 0) is 6.42 Å². The van der Waals surface area contributed by atoms with Crippen LogP contribution >= 0.6 is 0 Å². The Bertz CT molecular complexity index is 981. The minimum absolute atomic E-state index is 0.120. The Kier molecular flexibility index (Phi) is 4.06. The monoisotopic (exact) mass is 353 g/mol. The zero-order valence-corrected chi connectivity index (χ0v) is 14.7. The van der Waals surface area contributed by atoms with Crippen LogP contribution < -0.4 is 10.2 Å². The summed E-state index contributed by atoms with van der Waals surface area (Å²) in [4.78, 5) is 26.6. The van der Waals surface area contributed by atoms with Gasteiger partial charge in [0.25, 0.3) is 5.91 Å². The maximum atomic E-state index is 13.3. The van der Waals surface area contributed by atoms with E-state index in [0.717, 1.165) is 36.0 Å². The topological polar surface area (TPSA) is 73.9 Å². The molecule has 0 fully saturated rings. The lowest BCUT2D eigenvalue weighted by Crippen LogP contribution is -2.32. The molecule has 1 aromatic carbocycles. The molecule has 0 aliphatic heterocycles. The summed E-state index contributed by atoms with van der Waals surface area (Å²) < 4.78 is 13.3. The van der Waals surface area contributed by atoms with Crippen molar-refractivity contribution < 1.29 is 9.18 Å². The van der Waals surface area contributed by atoms with Crippen molar-refractivity contribution in [1.29, 1.82) is 0 Å². The Morgan fingerprint density at radius 3 is 3.00 bits per heavy atom. The smallest absolute Gasteiger partial charge is 0.268 e. The SMILES string of the molecule is CN(C)c1ncc2c(n1)CCCC2NC(=O)c1cc2cc(F)ccc2[nH]1. The fourth-order valence-corrected chi connectivity index (χ4v) is 3.36. The largest absolute Gasteiger partial charge is 0.351 e. The van der Waals surface area contributed by atoms with Crippen molar-refractivity contribution in [2.24, 2.45) is 0 Å². The number of hydrogen-bond donors (Lipinski definition) is 2. The second-order valence-corrected chi connectivity index (χ2v) is 6.80. The van der Waals surface area contributed by atoms with Crippen molar-refractivity contribution in [2.75, 3.05) is 19.0 Å². The zero-order chi connectivity index (χ0) is 18.3. The minimum Gasteiger partial charge on any atom is -0.351 e. The summed E-state index contributed by atoms with van der Waals surface area (Å²) >= 11 is 0. The molecule has 134 valence electrons. The first-order valence-electron chi connectivity index (χ1n) is 8.63. The Hall–Kier alpha value is -2.96. The van der Waals surface area contributed by atoms with Gasteiger partial charge in [0, 0.05) is 36.8 Å². The standard InChI is InChI=1S/C19H20FN5O/c1-25(2)19-21-10-13-15(4-3-5-16(13)24-19)23-18(26)17-9-11-8-12(20)6-7-14(11)22-17/h6-10,15,22H,3-5H2,1-2H3,(H,23,26). The van der Waals surface area contributed by atoms with Crippen molar-refractivity contribution in [3.8, 4) is 0 Å². The van der Waals surface area contributed by atoms with Gasteiger partial charge in [-0.1, -0.05) is 0 Å². The lowest BCUT2D eigenvalue weighted by molar-refractivity contribution is 0.0928. The Labute approximate surface area is 150 Å². The van der Waals surface area contributed by atoms with E-state index in [0.29, 0.717) is 17.0 Å². The van der Waals surface area contributed by atoms with Gasteiger partial charge in [-0.2, -0.15) is 0 Å². The number of hydrogen-bond acceptors (Lipinski definition) is 4. The number of H-pyrrole nitrogens is 1. The highest BCUT2D eigenvalue weighted by atomic mass is 19.1. The molecule has 3 aromatic rings. The maximum Gasteiger partial charge on any atom is 0.268 e. The number of fused-ring (bicyclic) bond motifs is 2. The van der Waals surface area contributed by atoms with Crippen molar-refractivity contribution in [3.05, 3.63) is 53.2 Å². The van der Waals surface area contributed by atoms with Crippen LogP contribution in [0.5, 0.6) is 0 Å². The number of aromatic amines is 1. The minimum atomic E-state index is -0.321. The number of aromatic nitrogens is 3. The second-order valence-electron chi connectivity index (χ2n) is 6.80. The average molecular weight is 353 g/mol. The predicted octanol–water partition coefficient (Wildman–Crippen LogP) is 2.97. The van der Waals surface area contributed by atoms with E-state index >= 15 is 0 Å². The average Bonchev–Trinajstić information content (AvgIpc) is 3.04. The normalized spacial score (nSPS) is 16.3. The maximum absolute atomic E-state index is 13.3. The van der Waals surface area contributed by atoms with Crippen LogP contribution in [0.3, 0.4) is 0 Å². The zero-order valence-electron chi connectivity index (χ0n) is 14.7. The molecule has 0 radical (unpaired) electrons. The third-order valence-electron chi connectivity index (χ3n) is 4.70. The molecule has 0 saturated heterocycles. The van der Waals surface area contributed by atoms with Gasteiger partial charge in [-0.15, -0.1) is 0 Å². The summed E-state index contributed by atoms with van der Waals surface area (Å²) in [7, 11) is 3.81. The molecular weight excluding hydrogens is 333 g/mol. The van der Waals surface area contributed by atoms with Crippen LogP contribution in [0.15, 0.2) is 30.5 Å². The van der Waals surface area contributed by atoms with Crippen LogP contribution in [0.2, 0.25) is 0 Å². The van der Waals surface area contributed by atoms with Gasteiger partial charge in [0.15, 0.2) is 0 Å². The van der Waals surface area contributed by atoms with Gasteiger partial charge < -0.3 is 15.2 Å². The summed E-state index contributed by atoms with van der Waals surface area (Å²) in [6.07, 6.45) is 4.50. The number of aryl methyl sites for hydroxylation is 1. The van der Waals surface area contributed by atoms with E-state index in [4.69, 9.17) is 0 Å². The molecule has 7 heteroatoms. The molecule has 1 atom stereocenters. The van der Waals surface area contributed by atoms with Crippen molar-refractivity contribution >= 4 is 22.8 Å². The van der Waals surface area contributed by atoms with E-state index in [1.165, 1.54) is 12.1 Å². The van der Waals surface area contributed by atoms with Crippen molar-refractivity contribution in [1.82, 2.24) is 20.3 Å². The summed E-state index contributed by atoms with van der Waals surface area (Å²) in [6, 6.07) is 5.97. The van der Waals surface area contributed by atoms with Gasteiger partial charge in [-0.3, -0.25) is 4.79 Å². The van der Waals surface area contributed by atoms with Crippen molar-refractivity contribution in [2.45, 2.75) is 25.3 Å². The molecule has 0 spiro atoms. The Morgan fingerprint density at radius 1 is 1.35 bits per heavy atom. The number of nitrogens with one attached hydrogen (secondary N) is 2. The quantitative estimate of drug-likeness (QED) is 0.759. The number of benzene rings is 1. The van der Waals surface area contributed by atoms with Crippen LogP contribution in [-0.4, -0.2) is 35.0 Å². The molecular formula is C19H20FN5O. The number of carbonyl (C=O) groups is 1. The summed E-state index contributed by atoms with van der Waals surface area (Å²) in [5.74, 6) is 0.142. The highest BCUT2D eigenvalue weighted by Gasteiger charge is 2.25. The molecule has 1 aliphatic rings. The van der Waals surface area contributed by atoms with E-state index < -0.39 is 0 Å². The lowest BCUT2D eigenvalue weighted by atomic mass is 9.92. The van der Waals surface area contributed by atoms with E-state index in [9.17, 15) is 9.18 Å². The highest BCUT2D eigenvalue weighted by molar-refractivity contribution is 5.98. The van der Waals surface area contributed by atoms with E-state index in [2.05, 4.69) is 20.3 Å². The fourth-order valence-electron chi connectivity index (χ4n) is 3.36. The van der Waals surface area contributed by atoms with Crippen LogP contribution in [0.1, 0.15) is 40.6 Å². The van der Waals surface area contributed by atoms with Gasteiger partial charge in [-0.25, -0.2) is 14.4 Å². The van der Waals surface area contributed by atoms with Gasteiger partial charge in [0.1, 0.15) is 11.5 Å². The van der Waals surface area contributed by atoms with Gasteiger partial charge >= 0.3 is 0 Å². The number of nitrogens with zero attached hydrogens (tertiary/aromatic N) is 3. The third kappa shape index (κ3) is 3.00. The summed E-state index contributed by atoms with van der Waals surface area (Å²) in [6.45, 7) is 0. The van der Waals surface area contributed by atoms with Gasteiger partial charge in [0.2, 0.25) is 5.95 Å². The third-order valence-corrected chi connectivity index (χ3v) is 4.70. The molecule has 2 aromatic heterocycles. The number of halogens is 1. The summed E-state index contributed by atoms with van der Waals surface area (Å²) in [5.41, 5.74) is 3.11. The van der Waals surface area contributed by atoms with E-state index in [-0.39, 0.29) is 17.8 Å². The molecule has 0 bridgehead atoms. The molecule has 2 N–H and O–H groups in total. The fraction of sp³-hybridized carbons (Fsp3) is 0.316. The van der Waals surface area contributed by atoms with Crippen molar-refractivity contribution in [3.63, 3.8) is 0 Å². The van der Waals surface area contributed by atoms with Crippen LogP contribution in [0.25, 0.3) is 10.9 Å². The van der Waals surface area contributed by atoms with E-state index in [1.807, 2.05) is 25.2 Å². The first kappa shape index (κ1) is 16.5. The molecule has 1 unspecified atom stereocenters. The van der Waals surface area contributed by atoms with E-state index in [1.54, 1.807) is 12.1 Å². The molecule has 1 aliphatic carbocycles. The summed E-state index contributed by atoms with van der Waals surface area (Å²) in [5, 5.41) is 3.74. The van der Waals surface area contributed by atoms with Crippen LogP contribution in [0, 0.1) is 5.82 Å². The number of rotatable bonds is 3. The molecule has 0 saturated carbocycles. The second kappa shape index (κ2) is 6.40. The lowest BCUT2D eigenvalue weighted by Gasteiger charge is -2.26. The van der Waals surface area contributed by atoms with Crippen LogP contribution in [0.4, 0.5) is 10.3 Å². The number of anilines is 1. The first-order chi connectivity index (χ1) is 12.5. The molecule has 6 nitrogen and oxygen atoms in total. The van der Waals surface area contributed by atoms with Gasteiger partial charge in [-0.05, 0) is 43.5 Å². The molecule has 4 rings (SSSR count). The Balaban J connectivity index is 1.58. The highest BCUT2D eigenvalue weighted by Crippen LogP contribution is 2.29. The van der Waals surface area contributed by atoms with Gasteiger partial charge in [0.05, 0.1) is 11.7 Å². The number of amides is 1. The molecule has 1 amide bonds. The first-order valence-corrected chi connectivity index (χ1v) is 8.63.